The number of amides is 1. The van der Waals surface area contributed by atoms with Crippen LogP contribution in [0.25, 0.3) is 0 Å². The predicted molar refractivity (Wildman–Crippen MR) is 92.8 cm³/mol. The minimum absolute atomic E-state index is 0.165. The van der Waals surface area contributed by atoms with Crippen molar-refractivity contribution in [3.05, 3.63) is 46.2 Å². The molecule has 5 nitrogen and oxygen atoms in total. The summed E-state index contributed by atoms with van der Waals surface area (Å²) in [5.41, 5.74) is -0.675. The number of ether oxygens (including phenoxy) is 2. The zero-order valence-corrected chi connectivity index (χ0v) is 14.6. The van der Waals surface area contributed by atoms with E-state index >= 15 is 0 Å². The molecule has 0 bridgehead atoms. The first-order valence-corrected chi connectivity index (χ1v) is 8.73. The lowest BCUT2D eigenvalue weighted by Crippen LogP contribution is -2.42. The molecule has 2 N–H and O–H groups in total. The third kappa shape index (κ3) is 3.12. The first-order valence-electron chi connectivity index (χ1n) is 7.85. The summed E-state index contributed by atoms with van der Waals surface area (Å²) in [4.78, 5) is 13.6. The number of carbonyl (C=O) groups excluding carboxylic acids is 1. The molecular weight excluding hydrogens is 326 g/mol. The van der Waals surface area contributed by atoms with Gasteiger partial charge in [0.05, 0.1) is 20.8 Å². The van der Waals surface area contributed by atoms with Gasteiger partial charge in [-0.2, -0.15) is 0 Å². The normalized spacial score (nSPS) is 16.3. The van der Waals surface area contributed by atoms with Gasteiger partial charge in [-0.25, -0.2) is 0 Å². The molecule has 0 radical (unpaired) electrons. The van der Waals surface area contributed by atoms with Gasteiger partial charge in [0.2, 0.25) is 0 Å². The summed E-state index contributed by atoms with van der Waals surface area (Å²) in [6, 6.07) is 9.02. The second-order valence-electron chi connectivity index (χ2n) is 5.90. The van der Waals surface area contributed by atoms with Gasteiger partial charge in [-0.15, -0.1) is 11.3 Å². The number of thiophene rings is 1. The summed E-state index contributed by atoms with van der Waals surface area (Å²) in [5.74, 6) is 0.756. The van der Waals surface area contributed by atoms with Crippen LogP contribution in [0, 0.1) is 5.92 Å². The Morgan fingerprint density at radius 3 is 2.42 bits per heavy atom. The molecule has 6 heteroatoms. The van der Waals surface area contributed by atoms with E-state index in [0.29, 0.717) is 17.1 Å². The summed E-state index contributed by atoms with van der Waals surface area (Å²) in [6.07, 6.45) is 1.95. The molecule has 1 fully saturated rings. The smallest absolute Gasteiger partial charge is 0.258 e. The van der Waals surface area contributed by atoms with Crippen molar-refractivity contribution in [2.75, 3.05) is 20.8 Å². The third-order valence-corrected chi connectivity index (χ3v) is 5.41. The maximum absolute atomic E-state index is 12.7. The molecule has 1 aliphatic carbocycles. The van der Waals surface area contributed by atoms with Crippen LogP contribution >= 0.6 is 11.3 Å². The molecule has 1 unspecified atom stereocenters. The number of hydrogen-bond acceptors (Lipinski definition) is 5. The summed E-state index contributed by atoms with van der Waals surface area (Å²) >= 11 is 1.51. The molecule has 1 aromatic carbocycles. The van der Waals surface area contributed by atoms with Gasteiger partial charge in [0.15, 0.2) is 0 Å². The molecule has 1 heterocycles. The Bertz CT molecular complexity index is 690. The van der Waals surface area contributed by atoms with Crippen LogP contribution in [-0.4, -0.2) is 31.8 Å². The van der Waals surface area contributed by atoms with Crippen molar-refractivity contribution in [2.24, 2.45) is 5.92 Å². The van der Waals surface area contributed by atoms with E-state index in [1.807, 2.05) is 17.5 Å². The standard InChI is InChI=1S/C18H21NO4S/c1-22-13-5-3-6-14(23-2)16(13)17(20)19-11-18(21,12-8-9-12)15-7-4-10-24-15/h3-7,10,12,21H,8-9,11H2,1-2H3,(H,19,20). The van der Waals surface area contributed by atoms with E-state index in [1.165, 1.54) is 25.6 Å². The van der Waals surface area contributed by atoms with Crippen molar-refractivity contribution in [3.63, 3.8) is 0 Å². The van der Waals surface area contributed by atoms with Crippen LogP contribution in [-0.2, 0) is 5.60 Å². The Kier molecular flexibility index (Phi) is 4.78. The molecule has 0 saturated heterocycles. The van der Waals surface area contributed by atoms with Gasteiger partial charge >= 0.3 is 0 Å². The number of carbonyl (C=O) groups is 1. The van der Waals surface area contributed by atoms with Crippen LogP contribution in [0.4, 0.5) is 0 Å². The average molecular weight is 347 g/mol. The van der Waals surface area contributed by atoms with Crippen LogP contribution in [0.1, 0.15) is 28.1 Å². The largest absolute Gasteiger partial charge is 0.496 e. The summed E-state index contributed by atoms with van der Waals surface area (Å²) in [6.45, 7) is 0.165. The molecule has 1 aromatic heterocycles. The van der Waals surface area contributed by atoms with Crippen molar-refractivity contribution < 1.29 is 19.4 Å². The Balaban J connectivity index is 1.80. The van der Waals surface area contributed by atoms with E-state index in [4.69, 9.17) is 9.47 Å². The first kappa shape index (κ1) is 16.8. The molecule has 1 amide bonds. The topological polar surface area (TPSA) is 67.8 Å². The van der Waals surface area contributed by atoms with Crippen LogP contribution in [0.2, 0.25) is 0 Å². The predicted octanol–water partition coefficient (Wildman–Crippen LogP) is 2.79. The molecular formula is C18H21NO4S. The lowest BCUT2D eigenvalue weighted by Gasteiger charge is -2.27. The fourth-order valence-corrected chi connectivity index (χ4v) is 3.80. The van der Waals surface area contributed by atoms with Crippen molar-refractivity contribution in [2.45, 2.75) is 18.4 Å². The number of methoxy groups -OCH3 is 2. The monoisotopic (exact) mass is 347 g/mol. The SMILES string of the molecule is COc1cccc(OC)c1C(=O)NCC(O)(c1cccs1)C1CC1. The number of aliphatic hydroxyl groups is 1. The van der Waals surface area contributed by atoms with Gasteiger partial charge in [0.1, 0.15) is 22.7 Å². The van der Waals surface area contributed by atoms with E-state index in [2.05, 4.69) is 5.32 Å². The Labute approximate surface area is 145 Å². The van der Waals surface area contributed by atoms with E-state index in [-0.39, 0.29) is 18.4 Å². The highest BCUT2D eigenvalue weighted by molar-refractivity contribution is 7.10. The quantitative estimate of drug-likeness (QED) is 0.808. The Morgan fingerprint density at radius 1 is 1.25 bits per heavy atom. The molecule has 128 valence electrons. The number of benzene rings is 1. The third-order valence-electron chi connectivity index (χ3n) is 4.37. The van der Waals surface area contributed by atoms with Gasteiger partial charge in [-0.1, -0.05) is 12.1 Å². The Morgan fingerprint density at radius 2 is 1.92 bits per heavy atom. The lowest BCUT2D eigenvalue weighted by molar-refractivity contribution is 0.0168. The van der Waals surface area contributed by atoms with Crippen LogP contribution in [0.15, 0.2) is 35.7 Å². The van der Waals surface area contributed by atoms with Gasteiger partial charge in [0, 0.05) is 4.88 Å². The van der Waals surface area contributed by atoms with Gasteiger partial charge in [-0.05, 0) is 42.3 Å². The Hall–Kier alpha value is -2.05. The van der Waals surface area contributed by atoms with Crippen molar-refractivity contribution in [3.8, 4) is 11.5 Å². The minimum Gasteiger partial charge on any atom is -0.496 e. The molecule has 1 atom stereocenters. The first-order chi connectivity index (χ1) is 11.6. The average Bonchev–Trinajstić information content (AvgIpc) is 3.33. The number of hydrogen-bond donors (Lipinski definition) is 2. The summed E-state index contributed by atoms with van der Waals surface area (Å²) < 4.78 is 10.5. The van der Waals surface area contributed by atoms with E-state index in [9.17, 15) is 9.90 Å². The van der Waals surface area contributed by atoms with E-state index in [1.54, 1.807) is 18.2 Å². The lowest BCUT2D eigenvalue weighted by atomic mass is 9.95. The molecule has 0 aliphatic heterocycles. The zero-order chi connectivity index (χ0) is 17.2. The summed E-state index contributed by atoms with van der Waals surface area (Å²) in [5, 5.41) is 15.9. The van der Waals surface area contributed by atoms with E-state index in [0.717, 1.165) is 17.7 Å². The van der Waals surface area contributed by atoms with Gasteiger partial charge in [-0.3, -0.25) is 4.79 Å². The van der Waals surface area contributed by atoms with Crippen molar-refractivity contribution in [1.82, 2.24) is 5.32 Å². The number of nitrogens with one attached hydrogen (secondary N) is 1. The van der Waals surface area contributed by atoms with Gasteiger partial charge in [0.25, 0.3) is 5.91 Å². The van der Waals surface area contributed by atoms with E-state index < -0.39 is 5.60 Å². The van der Waals surface area contributed by atoms with Crippen LogP contribution < -0.4 is 14.8 Å². The fourth-order valence-electron chi connectivity index (χ4n) is 2.90. The molecule has 1 saturated carbocycles. The second-order valence-corrected chi connectivity index (χ2v) is 6.84. The molecule has 24 heavy (non-hydrogen) atoms. The highest BCUT2D eigenvalue weighted by Crippen LogP contribution is 2.46. The van der Waals surface area contributed by atoms with Crippen LogP contribution in [0.3, 0.4) is 0 Å². The summed E-state index contributed by atoms with van der Waals surface area (Å²) in [7, 11) is 3.02. The zero-order valence-electron chi connectivity index (χ0n) is 13.7. The van der Waals surface area contributed by atoms with Gasteiger partial charge < -0.3 is 19.9 Å². The number of rotatable bonds is 7. The molecule has 1 aliphatic rings. The maximum Gasteiger partial charge on any atom is 0.258 e. The van der Waals surface area contributed by atoms with Crippen molar-refractivity contribution in [1.29, 1.82) is 0 Å². The highest BCUT2D eigenvalue weighted by Gasteiger charge is 2.46. The fraction of sp³-hybridized carbons (Fsp3) is 0.389. The highest BCUT2D eigenvalue weighted by atomic mass is 32.1. The maximum atomic E-state index is 12.7. The molecule has 0 spiro atoms. The van der Waals surface area contributed by atoms with Crippen molar-refractivity contribution >= 4 is 17.2 Å². The second kappa shape index (κ2) is 6.83. The molecule has 2 aromatic rings. The van der Waals surface area contributed by atoms with Crippen LogP contribution in [0.5, 0.6) is 11.5 Å². The molecule has 3 rings (SSSR count). The minimum atomic E-state index is -1.01.